The molecule has 0 unspecified atom stereocenters. The van der Waals surface area contributed by atoms with Crippen molar-refractivity contribution in [2.45, 2.75) is 51.4 Å². The van der Waals surface area contributed by atoms with Gasteiger partial charge in [-0.2, -0.15) is 5.10 Å². The Morgan fingerprint density at radius 1 is 1.10 bits per heavy atom. The van der Waals surface area contributed by atoms with Gasteiger partial charge in [-0.25, -0.2) is 9.97 Å². The van der Waals surface area contributed by atoms with Crippen LogP contribution in [0.15, 0.2) is 17.5 Å². The number of anilines is 1. The van der Waals surface area contributed by atoms with Gasteiger partial charge in [0.05, 0.1) is 11.6 Å². The normalized spacial score (nSPS) is 19.4. The topological polar surface area (TPSA) is 83.3 Å². The van der Waals surface area contributed by atoms with Crippen molar-refractivity contribution in [1.29, 1.82) is 0 Å². The smallest absolute Gasteiger partial charge is 0.193 e. The quantitative estimate of drug-likeness (QED) is 0.275. The van der Waals surface area contributed by atoms with Gasteiger partial charge in [-0.1, -0.05) is 25.7 Å². The summed E-state index contributed by atoms with van der Waals surface area (Å²) in [5.74, 6) is 1.86. The highest BCUT2D eigenvalue weighted by Crippen LogP contribution is 2.42. The van der Waals surface area contributed by atoms with E-state index in [0.29, 0.717) is 5.41 Å². The number of aliphatic imine (C=N–C) groups is 1. The largest absolute Gasteiger partial charge is 0.368 e. The molecule has 1 saturated carbocycles. The minimum atomic E-state index is 0. The fourth-order valence-electron chi connectivity index (χ4n) is 5.07. The maximum Gasteiger partial charge on any atom is 0.193 e. The van der Waals surface area contributed by atoms with E-state index in [0.717, 1.165) is 49.0 Å². The number of nitrogens with one attached hydrogen (secondary N) is 2. The fourth-order valence-corrected chi connectivity index (χ4v) is 5.07. The number of halogens is 1. The van der Waals surface area contributed by atoms with Gasteiger partial charge in [0.15, 0.2) is 11.6 Å². The first-order chi connectivity index (χ1) is 14.2. The lowest BCUT2D eigenvalue weighted by atomic mass is 9.74. The summed E-state index contributed by atoms with van der Waals surface area (Å²) in [6, 6.07) is 0. The molecule has 0 atom stereocenters. The van der Waals surface area contributed by atoms with Crippen molar-refractivity contribution < 1.29 is 0 Å². The second kappa shape index (κ2) is 10.6. The zero-order chi connectivity index (χ0) is 20.1. The van der Waals surface area contributed by atoms with Gasteiger partial charge in [-0.3, -0.25) is 9.67 Å². The van der Waals surface area contributed by atoms with Gasteiger partial charge in [-0.05, 0) is 31.1 Å². The van der Waals surface area contributed by atoms with Crippen LogP contribution in [0.5, 0.6) is 0 Å². The molecule has 0 amide bonds. The summed E-state index contributed by atoms with van der Waals surface area (Å²) in [6.07, 6.45) is 14.4. The maximum atomic E-state index is 4.58. The molecule has 2 N–H and O–H groups in total. The number of rotatable bonds is 4. The molecule has 4 rings (SSSR count). The number of hydrogen-bond donors (Lipinski definition) is 2. The van der Waals surface area contributed by atoms with Gasteiger partial charge >= 0.3 is 0 Å². The van der Waals surface area contributed by atoms with Crippen molar-refractivity contribution in [2.75, 3.05) is 38.5 Å². The first-order valence-corrected chi connectivity index (χ1v) is 11.0. The summed E-state index contributed by atoms with van der Waals surface area (Å²) >= 11 is 0. The summed E-state index contributed by atoms with van der Waals surface area (Å²) in [4.78, 5) is 15.7. The van der Waals surface area contributed by atoms with Crippen LogP contribution in [0.2, 0.25) is 0 Å². The lowest BCUT2D eigenvalue weighted by molar-refractivity contribution is 0.115. The van der Waals surface area contributed by atoms with Crippen LogP contribution in [0.4, 0.5) is 5.82 Å². The Balaban J connectivity index is 0.00000256. The Labute approximate surface area is 196 Å². The highest BCUT2D eigenvalue weighted by molar-refractivity contribution is 14.0. The van der Waals surface area contributed by atoms with Crippen molar-refractivity contribution in [1.82, 2.24) is 30.0 Å². The standard InChI is InChI=1S/C21H34N8.HI/c1-22-20(29-13-7-10-21(15-29)8-5-3-4-6-9-21)24-12-11-23-18-17-14-27-28(2)19(17)26-16-25-18;/h14,16H,3-13,15H2,1-2H3,(H,22,24)(H,23,25,26);1H. The van der Waals surface area contributed by atoms with E-state index < -0.39 is 0 Å². The third-order valence-electron chi connectivity index (χ3n) is 6.57. The van der Waals surface area contributed by atoms with Crippen molar-refractivity contribution in [3.63, 3.8) is 0 Å². The lowest BCUT2D eigenvalue weighted by Crippen LogP contribution is -2.51. The number of fused-ring (bicyclic) bond motifs is 1. The molecule has 0 bridgehead atoms. The molecule has 1 aliphatic heterocycles. The Bertz CT molecular complexity index is 841. The summed E-state index contributed by atoms with van der Waals surface area (Å²) in [5, 5.41) is 12.2. The third-order valence-corrected chi connectivity index (χ3v) is 6.57. The van der Waals surface area contributed by atoms with Crippen LogP contribution in [-0.2, 0) is 7.05 Å². The van der Waals surface area contributed by atoms with E-state index in [1.165, 1.54) is 51.4 Å². The summed E-state index contributed by atoms with van der Waals surface area (Å²) in [7, 11) is 3.79. The summed E-state index contributed by atoms with van der Waals surface area (Å²) in [6.45, 7) is 3.82. The minimum absolute atomic E-state index is 0. The summed E-state index contributed by atoms with van der Waals surface area (Å²) < 4.78 is 1.77. The lowest BCUT2D eigenvalue weighted by Gasteiger charge is -2.44. The van der Waals surface area contributed by atoms with Crippen LogP contribution in [0.3, 0.4) is 0 Å². The molecule has 2 aliphatic rings. The van der Waals surface area contributed by atoms with E-state index in [2.05, 4.69) is 35.6 Å². The Morgan fingerprint density at radius 3 is 2.63 bits per heavy atom. The van der Waals surface area contributed by atoms with E-state index in [4.69, 9.17) is 0 Å². The Morgan fingerprint density at radius 2 is 1.87 bits per heavy atom. The van der Waals surface area contributed by atoms with Crippen molar-refractivity contribution in [3.05, 3.63) is 12.5 Å². The van der Waals surface area contributed by atoms with Crippen LogP contribution in [0.25, 0.3) is 11.0 Å². The van der Waals surface area contributed by atoms with Gasteiger partial charge in [0.25, 0.3) is 0 Å². The molecular weight excluding hydrogens is 491 g/mol. The SMILES string of the molecule is CN=C(NCCNc1ncnc2c1cnn2C)N1CCCC2(CCCCCC2)C1.I. The number of piperidine rings is 1. The van der Waals surface area contributed by atoms with E-state index in [1.54, 1.807) is 11.0 Å². The number of aryl methyl sites for hydroxylation is 1. The van der Waals surface area contributed by atoms with Crippen molar-refractivity contribution in [3.8, 4) is 0 Å². The molecule has 2 fully saturated rings. The number of aromatic nitrogens is 4. The molecule has 9 heteroatoms. The fraction of sp³-hybridized carbons (Fsp3) is 0.714. The van der Waals surface area contributed by atoms with Gasteiger partial charge in [-0.15, -0.1) is 24.0 Å². The Kier molecular flexibility index (Phi) is 8.13. The third kappa shape index (κ3) is 5.15. The van der Waals surface area contributed by atoms with Gasteiger partial charge in [0.1, 0.15) is 12.1 Å². The summed E-state index contributed by atoms with van der Waals surface area (Å²) in [5.41, 5.74) is 1.35. The highest BCUT2D eigenvalue weighted by atomic mass is 127. The van der Waals surface area contributed by atoms with Crippen molar-refractivity contribution >= 4 is 46.8 Å². The average Bonchev–Trinajstić information content (AvgIpc) is 2.98. The number of guanidine groups is 1. The monoisotopic (exact) mass is 526 g/mol. The second-order valence-corrected chi connectivity index (χ2v) is 8.57. The minimum Gasteiger partial charge on any atom is -0.368 e. The molecule has 1 saturated heterocycles. The highest BCUT2D eigenvalue weighted by Gasteiger charge is 2.36. The number of likely N-dealkylation sites (tertiary alicyclic amines) is 1. The second-order valence-electron chi connectivity index (χ2n) is 8.57. The first-order valence-electron chi connectivity index (χ1n) is 11.0. The van der Waals surface area contributed by atoms with Gasteiger partial charge in [0, 0.05) is 40.3 Å². The van der Waals surface area contributed by atoms with Crippen molar-refractivity contribution in [2.24, 2.45) is 17.5 Å². The average molecular weight is 526 g/mol. The predicted octanol–water partition coefficient (Wildman–Crippen LogP) is 3.41. The number of nitrogens with zero attached hydrogens (tertiary/aromatic N) is 6. The zero-order valence-corrected chi connectivity index (χ0v) is 20.6. The molecule has 0 radical (unpaired) electrons. The van der Waals surface area contributed by atoms with E-state index >= 15 is 0 Å². The molecule has 2 aromatic heterocycles. The van der Waals surface area contributed by atoms with E-state index in [9.17, 15) is 0 Å². The van der Waals surface area contributed by atoms with Crippen LogP contribution in [0.1, 0.15) is 51.4 Å². The van der Waals surface area contributed by atoms with Gasteiger partial charge < -0.3 is 15.5 Å². The van der Waals surface area contributed by atoms with E-state index in [-0.39, 0.29) is 24.0 Å². The Hall–Kier alpha value is -1.65. The maximum absolute atomic E-state index is 4.58. The molecule has 30 heavy (non-hydrogen) atoms. The van der Waals surface area contributed by atoms with Crippen LogP contribution in [-0.4, -0.2) is 63.8 Å². The van der Waals surface area contributed by atoms with Crippen LogP contribution in [0, 0.1) is 5.41 Å². The molecule has 0 aromatic carbocycles. The zero-order valence-electron chi connectivity index (χ0n) is 18.2. The molecule has 1 aliphatic carbocycles. The first kappa shape index (κ1) is 23.0. The molecule has 8 nitrogen and oxygen atoms in total. The molecule has 3 heterocycles. The number of hydrogen-bond acceptors (Lipinski definition) is 5. The molecular formula is C21H35IN8. The molecule has 166 valence electrons. The van der Waals surface area contributed by atoms with Crippen LogP contribution >= 0.6 is 24.0 Å². The van der Waals surface area contributed by atoms with E-state index in [1.807, 2.05) is 20.3 Å². The molecule has 2 aromatic rings. The predicted molar refractivity (Wildman–Crippen MR) is 133 cm³/mol. The molecule has 1 spiro atoms. The van der Waals surface area contributed by atoms with Gasteiger partial charge in [0.2, 0.25) is 0 Å². The van der Waals surface area contributed by atoms with Crippen LogP contribution < -0.4 is 10.6 Å².